The Hall–Kier alpha value is -1.13. The van der Waals surface area contributed by atoms with Gasteiger partial charge in [-0.1, -0.05) is 18.2 Å². The van der Waals surface area contributed by atoms with Crippen molar-refractivity contribution in [3.8, 4) is 0 Å². The van der Waals surface area contributed by atoms with Gasteiger partial charge in [0.25, 0.3) is 0 Å². The average molecular weight is 245 g/mol. The minimum atomic E-state index is -0.689. The molecule has 0 spiro atoms. The van der Waals surface area contributed by atoms with Crippen molar-refractivity contribution in [1.82, 2.24) is 5.32 Å². The van der Waals surface area contributed by atoms with Crippen LogP contribution < -0.4 is 11.1 Å². The maximum absolute atomic E-state index is 13.2. The van der Waals surface area contributed by atoms with Crippen LogP contribution in [-0.2, 0) is 11.3 Å². The fourth-order valence-electron chi connectivity index (χ4n) is 1.36. The molecule has 0 bridgehead atoms. The molecule has 0 unspecified atom stereocenters. The van der Waals surface area contributed by atoms with Gasteiger partial charge in [-0.3, -0.25) is 4.79 Å². The Morgan fingerprint density at radius 2 is 2.06 bits per heavy atom. The van der Waals surface area contributed by atoms with Crippen molar-refractivity contribution < 1.29 is 9.18 Å². The van der Waals surface area contributed by atoms with Crippen LogP contribution in [0.25, 0.3) is 0 Å². The molecular weight excluding hydrogens is 231 g/mol. The van der Waals surface area contributed by atoms with Crippen molar-refractivity contribution in [1.29, 1.82) is 0 Å². The van der Waals surface area contributed by atoms with Gasteiger partial charge in [-0.25, -0.2) is 4.39 Å². The molecule has 1 aliphatic rings. The summed E-state index contributed by atoms with van der Waals surface area (Å²) in [6, 6.07) is 6.37. The standard InChI is InChI=1S/C11H13FN2O.ClH/c12-9-4-2-1-3-8(9)7-14-10(15)11(13)5-6-11;/h1-4H,5-7,13H2,(H,14,15);1H. The third kappa shape index (κ3) is 2.71. The summed E-state index contributed by atoms with van der Waals surface area (Å²) >= 11 is 0. The zero-order valence-electron chi connectivity index (χ0n) is 8.70. The first-order valence-electron chi connectivity index (χ1n) is 4.92. The molecule has 3 nitrogen and oxygen atoms in total. The van der Waals surface area contributed by atoms with Gasteiger partial charge >= 0.3 is 0 Å². The number of hydrogen-bond acceptors (Lipinski definition) is 2. The van der Waals surface area contributed by atoms with Gasteiger partial charge in [-0.2, -0.15) is 0 Å². The molecule has 88 valence electrons. The molecule has 0 aromatic heterocycles. The number of halogens is 2. The molecule has 0 saturated heterocycles. The molecule has 16 heavy (non-hydrogen) atoms. The number of rotatable bonds is 3. The number of carbonyl (C=O) groups excluding carboxylic acids is 1. The Kier molecular flexibility index (Phi) is 3.88. The fourth-order valence-corrected chi connectivity index (χ4v) is 1.36. The Bertz CT molecular complexity index is 393. The van der Waals surface area contributed by atoms with Crippen LogP contribution in [0.1, 0.15) is 18.4 Å². The molecule has 2 rings (SSSR count). The summed E-state index contributed by atoms with van der Waals surface area (Å²) in [5, 5.41) is 2.64. The first-order chi connectivity index (χ1) is 7.12. The monoisotopic (exact) mass is 244 g/mol. The van der Waals surface area contributed by atoms with Crippen LogP contribution in [0, 0.1) is 5.82 Å². The van der Waals surface area contributed by atoms with Crippen molar-refractivity contribution >= 4 is 18.3 Å². The van der Waals surface area contributed by atoms with Crippen LogP contribution >= 0.6 is 12.4 Å². The van der Waals surface area contributed by atoms with Crippen molar-refractivity contribution in [2.45, 2.75) is 24.9 Å². The second-order valence-electron chi connectivity index (χ2n) is 3.93. The highest BCUT2D eigenvalue weighted by atomic mass is 35.5. The Balaban J connectivity index is 0.00000128. The number of benzene rings is 1. The predicted molar refractivity (Wildman–Crippen MR) is 61.6 cm³/mol. The maximum Gasteiger partial charge on any atom is 0.240 e. The highest BCUT2D eigenvalue weighted by Crippen LogP contribution is 2.32. The van der Waals surface area contributed by atoms with Crippen molar-refractivity contribution in [3.63, 3.8) is 0 Å². The predicted octanol–water partition coefficient (Wildman–Crippen LogP) is 1.35. The average Bonchev–Trinajstić information content (AvgIpc) is 2.96. The molecule has 0 radical (unpaired) electrons. The smallest absolute Gasteiger partial charge is 0.240 e. The lowest BCUT2D eigenvalue weighted by molar-refractivity contribution is -0.123. The summed E-state index contributed by atoms with van der Waals surface area (Å²) in [5.74, 6) is -0.495. The van der Waals surface area contributed by atoms with Gasteiger partial charge in [0.05, 0.1) is 5.54 Å². The van der Waals surface area contributed by atoms with E-state index in [1.165, 1.54) is 6.07 Å². The lowest BCUT2D eigenvalue weighted by atomic mass is 10.2. The zero-order valence-corrected chi connectivity index (χ0v) is 9.52. The molecule has 0 atom stereocenters. The lowest BCUT2D eigenvalue weighted by Crippen LogP contribution is -2.42. The van der Waals surface area contributed by atoms with E-state index >= 15 is 0 Å². The zero-order chi connectivity index (χ0) is 10.9. The minimum absolute atomic E-state index is 0. The first kappa shape index (κ1) is 12.9. The second kappa shape index (κ2) is 4.80. The Morgan fingerprint density at radius 3 is 2.62 bits per heavy atom. The third-order valence-corrected chi connectivity index (χ3v) is 2.64. The van der Waals surface area contributed by atoms with E-state index in [2.05, 4.69) is 5.32 Å². The van der Waals surface area contributed by atoms with Gasteiger partial charge in [0.15, 0.2) is 0 Å². The summed E-state index contributed by atoms with van der Waals surface area (Å²) in [4.78, 5) is 11.5. The molecule has 5 heteroatoms. The van der Waals surface area contributed by atoms with Crippen molar-refractivity contribution in [3.05, 3.63) is 35.6 Å². The molecular formula is C11H14ClFN2O. The van der Waals surface area contributed by atoms with Crippen molar-refractivity contribution in [2.24, 2.45) is 5.73 Å². The summed E-state index contributed by atoms with van der Waals surface area (Å²) in [5.41, 5.74) is 5.48. The number of carbonyl (C=O) groups is 1. The first-order valence-corrected chi connectivity index (χ1v) is 4.92. The van der Waals surface area contributed by atoms with E-state index in [9.17, 15) is 9.18 Å². The Labute approximate surface area is 99.6 Å². The van der Waals surface area contributed by atoms with E-state index in [0.717, 1.165) is 12.8 Å². The minimum Gasteiger partial charge on any atom is -0.350 e. The molecule has 1 amide bonds. The normalized spacial score (nSPS) is 16.1. The topological polar surface area (TPSA) is 55.1 Å². The largest absolute Gasteiger partial charge is 0.350 e. The second-order valence-corrected chi connectivity index (χ2v) is 3.93. The molecule has 3 N–H and O–H groups in total. The summed E-state index contributed by atoms with van der Waals surface area (Å²) in [7, 11) is 0. The number of amides is 1. The van der Waals surface area contributed by atoms with Crippen LogP contribution in [0.5, 0.6) is 0 Å². The summed E-state index contributed by atoms with van der Waals surface area (Å²) in [6.45, 7) is 0.199. The van der Waals surface area contributed by atoms with Gasteiger partial charge in [0.2, 0.25) is 5.91 Å². The van der Waals surface area contributed by atoms with E-state index in [1.54, 1.807) is 18.2 Å². The van der Waals surface area contributed by atoms with Crippen LogP contribution in [0.15, 0.2) is 24.3 Å². The molecule has 1 aromatic rings. The number of hydrogen-bond donors (Lipinski definition) is 2. The number of nitrogens with one attached hydrogen (secondary N) is 1. The highest BCUT2D eigenvalue weighted by Gasteiger charge is 2.45. The highest BCUT2D eigenvalue weighted by molar-refractivity contribution is 5.88. The van der Waals surface area contributed by atoms with Crippen LogP contribution in [0.2, 0.25) is 0 Å². The maximum atomic E-state index is 13.2. The third-order valence-electron chi connectivity index (χ3n) is 2.64. The van der Waals surface area contributed by atoms with Gasteiger partial charge in [-0.05, 0) is 18.9 Å². The van der Waals surface area contributed by atoms with Gasteiger partial charge < -0.3 is 11.1 Å². The lowest BCUT2D eigenvalue weighted by Gasteiger charge is -2.10. The van der Waals surface area contributed by atoms with E-state index in [-0.39, 0.29) is 30.7 Å². The molecule has 1 fully saturated rings. The Morgan fingerprint density at radius 1 is 1.44 bits per heavy atom. The SMILES string of the molecule is Cl.NC1(C(=O)NCc2ccccc2F)CC1. The molecule has 1 aliphatic carbocycles. The molecule has 1 saturated carbocycles. The van der Waals surface area contributed by atoms with Crippen LogP contribution in [0.3, 0.4) is 0 Å². The van der Waals surface area contributed by atoms with Crippen molar-refractivity contribution in [2.75, 3.05) is 0 Å². The van der Waals surface area contributed by atoms with Gasteiger partial charge in [0, 0.05) is 12.1 Å². The van der Waals surface area contributed by atoms with E-state index < -0.39 is 5.54 Å². The van der Waals surface area contributed by atoms with Crippen LogP contribution in [0.4, 0.5) is 4.39 Å². The fraction of sp³-hybridized carbons (Fsp3) is 0.364. The molecule has 0 heterocycles. The van der Waals surface area contributed by atoms with E-state index in [1.807, 2.05) is 0 Å². The molecule has 1 aromatic carbocycles. The summed E-state index contributed by atoms with van der Waals surface area (Å²) < 4.78 is 13.2. The quantitative estimate of drug-likeness (QED) is 0.844. The van der Waals surface area contributed by atoms with Gasteiger partial charge in [0.1, 0.15) is 5.82 Å². The van der Waals surface area contributed by atoms with Crippen LogP contribution in [-0.4, -0.2) is 11.4 Å². The summed E-state index contributed by atoms with van der Waals surface area (Å²) in [6.07, 6.45) is 1.44. The molecule has 0 aliphatic heterocycles. The number of nitrogens with two attached hydrogens (primary N) is 1. The van der Waals surface area contributed by atoms with E-state index in [0.29, 0.717) is 5.56 Å². The van der Waals surface area contributed by atoms with Gasteiger partial charge in [-0.15, -0.1) is 12.4 Å². The van der Waals surface area contributed by atoms with E-state index in [4.69, 9.17) is 5.73 Å².